The van der Waals surface area contributed by atoms with Crippen LogP contribution in [0.2, 0.25) is 10.0 Å². The van der Waals surface area contributed by atoms with E-state index in [9.17, 15) is 18.0 Å². The third-order valence-electron chi connectivity index (χ3n) is 6.34. The summed E-state index contributed by atoms with van der Waals surface area (Å²) in [7, 11) is -4.13. The van der Waals surface area contributed by atoms with Crippen molar-refractivity contribution in [2.24, 2.45) is 0 Å². The van der Waals surface area contributed by atoms with Crippen LogP contribution >= 0.6 is 23.2 Å². The number of nitrogens with one attached hydrogen (secondary N) is 1. The second kappa shape index (κ2) is 13.3. The van der Waals surface area contributed by atoms with E-state index in [-0.39, 0.29) is 17.3 Å². The predicted octanol–water partition coefficient (Wildman–Crippen LogP) is 5.75. The lowest BCUT2D eigenvalue weighted by Crippen LogP contribution is -2.52. The van der Waals surface area contributed by atoms with Crippen LogP contribution in [0.15, 0.2) is 71.6 Å². The summed E-state index contributed by atoms with van der Waals surface area (Å²) in [6, 6.07) is 17.4. The number of nitrogens with zero attached hydrogens (tertiary/aromatic N) is 2. The number of hydrogen-bond acceptors (Lipinski definition) is 4. The molecule has 3 rings (SSSR count). The van der Waals surface area contributed by atoms with Crippen molar-refractivity contribution in [3.8, 4) is 0 Å². The van der Waals surface area contributed by atoms with Crippen molar-refractivity contribution in [3.63, 3.8) is 0 Å². The molecule has 208 valence electrons. The van der Waals surface area contributed by atoms with Gasteiger partial charge in [0.05, 0.1) is 10.6 Å². The summed E-state index contributed by atoms with van der Waals surface area (Å²) in [6.07, 6.45) is 0.300. The standard InChI is InChI=1S/C29H33Cl2N3O4S/c1-5-27(29(36)32-6-2)33(18-24-25(30)8-7-9-26(24)31)28(35)19-34(22-14-10-20(3)11-15-22)39(37,38)23-16-12-21(4)13-17-23/h7-17,27H,5-6,18-19H2,1-4H3,(H,32,36)/t27-/m1/s1. The van der Waals surface area contributed by atoms with Gasteiger partial charge in [0.15, 0.2) is 0 Å². The minimum Gasteiger partial charge on any atom is -0.355 e. The van der Waals surface area contributed by atoms with Gasteiger partial charge in [-0.1, -0.05) is 71.6 Å². The molecule has 0 heterocycles. The van der Waals surface area contributed by atoms with Crippen molar-refractivity contribution >= 4 is 50.7 Å². The molecule has 10 heteroatoms. The minimum absolute atomic E-state index is 0.0536. The van der Waals surface area contributed by atoms with Gasteiger partial charge in [-0.25, -0.2) is 8.42 Å². The van der Waals surface area contributed by atoms with Crippen LogP contribution < -0.4 is 9.62 Å². The summed E-state index contributed by atoms with van der Waals surface area (Å²) < 4.78 is 28.8. The average Bonchev–Trinajstić information content (AvgIpc) is 2.89. The summed E-state index contributed by atoms with van der Waals surface area (Å²) in [6.45, 7) is 7.10. The molecule has 1 atom stereocenters. The Morgan fingerprint density at radius 3 is 1.92 bits per heavy atom. The molecule has 0 saturated heterocycles. The number of carbonyl (C=O) groups excluding carboxylic acids is 2. The highest BCUT2D eigenvalue weighted by atomic mass is 35.5. The first-order valence-electron chi connectivity index (χ1n) is 12.7. The Balaban J connectivity index is 2.09. The molecule has 39 heavy (non-hydrogen) atoms. The Labute approximate surface area is 240 Å². The molecule has 0 aliphatic rings. The summed E-state index contributed by atoms with van der Waals surface area (Å²) in [4.78, 5) is 28.4. The average molecular weight is 591 g/mol. The van der Waals surface area contributed by atoms with Crippen molar-refractivity contribution in [2.45, 2.75) is 51.6 Å². The van der Waals surface area contributed by atoms with E-state index in [1.807, 2.05) is 13.8 Å². The van der Waals surface area contributed by atoms with Crippen LogP contribution in [0.3, 0.4) is 0 Å². The zero-order chi connectivity index (χ0) is 28.7. The van der Waals surface area contributed by atoms with E-state index in [1.54, 1.807) is 68.4 Å². The zero-order valence-electron chi connectivity index (χ0n) is 22.4. The molecular weight excluding hydrogens is 557 g/mol. The maximum atomic E-state index is 14.0. The van der Waals surface area contributed by atoms with Crippen LogP contribution in [0, 0.1) is 13.8 Å². The molecule has 2 amide bonds. The predicted molar refractivity (Wildman–Crippen MR) is 157 cm³/mol. The SMILES string of the molecule is CCNC(=O)[C@@H](CC)N(Cc1c(Cl)cccc1Cl)C(=O)CN(c1ccc(C)cc1)S(=O)(=O)c1ccc(C)cc1. The highest BCUT2D eigenvalue weighted by molar-refractivity contribution is 7.92. The first-order valence-corrected chi connectivity index (χ1v) is 14.8. The van der Waals surface area contributed by atoms with Gasteiger partial charge in [0.2, 0.25) is 11.8 Å². The van der Waals surface area contributed by atoms with E-state index >= 15 is 0 Å². The Bertz CT molecular complexity index is 1390. The van der Waals surface area contributed by atoms with Gasteiger partial charge in [-0.2, -0.15) is 0 Å². The molecule has 0 unspecified atom stereocenters. The van der Waals surface area contributed by atoms with Crippen LogP contribution in [-0.4, -0.2) is 44.3 Å². The third kappa shape index (κ3) is 7.32. The molecule has 0 spiro atoms. The van der Waals surface area contributed by atoms with E-state index < -0.39 is 28.5 Å². The first-order chi connectivity index (χ1) is 18.5. The number of carbonyl (C=O) groups is 2. The Kier molecular flexibility index (Phi) is 10.4. The smallest absolute Gasteiger partial charge is 0.264 e. The molecular formula is C29H33Cl2N3O4S. The fourth-order valence-corrected chi connectivity index (χ4v) is 6.07. The molecule has 0 bridgehead atoms. The van der Waals surface area contributed by atoms with Crippen molar-refractivity contribution in [1.82, 2.24) is 10.2 Å². The molecule has 0 aliphatic carbocycles. The van der Waals surface area contributed by atoms with Gasteiger partial charge in [0.1, 0.15) is 12.6 Å². The van der Waals surface area contributed by atoms with Crippen molar-refractivity contribution in [1.29, 1.82) is 0 Å². The highest BCUT2D eigenvalue weighted by Crippen LogP contribution is 2.29. The largest absolute Gasteiger partial charge is 0.355 e. The second-order valence-corrected chi connectivity index (χ2v) is 11.9. The lowest BCUT2D eigenvalue weighted by Gasteiger charge is -2.33. The lowest BCUT2D eigenvalue weighted by molar-refractivity contribution is -0.140. The number of hydrogen-bond donors (Lipinski definition) is 1. The number of sulfonamides is 1. The van der Waals surface area contributed by atoms with Crippen molar-refractivity contribution < 1.29 is 18.0 Å². The van der Waals surface area contributed by atoms with E-state index in [0.717, 1.165) is 15.4 Å². The number of benzene rings is 3. The van der Waals surface area contributed by atoms with Gasteiger partial charge in [0, 0.05) is 28.7 Å². The van der Waals surface area contributed by atoms with Crippen LogP contribution in [0.1, 0.15) is 37.0 Å². The molecule has 0 aromatic heterocycles. The van der Waals surface area contributed by atoms with Gasteiger partial charge in [0.25, 0.3) is 10.0 Å². The highest BCUT2D eigenvalue weighted by Gasteiger charge is 2.34. The zero-order valence-corrected chi connectivity index (χ0v) is 24.8. The summed E-state index contributed by atoms with van der Waals surface area (Å²) in [5.41, 5.74) is 2.65. The lowest BCUT2D eigenvalue weighted by atomic mass is 10.1. The Morgan fingerprint density at radius 1 is 0.872 bits per heavy atom. The molecule has 0 fully saturated rings. The summed E-state index contributed by atoms with van der Waals surface area (Å²) >= 11 is 12.8. The molecule has 1 N–H and O–H groups in total. The normalized spacial score (nSPS) is 12.1. The molecule has 7 nitrogen and oxygen atoms in total. The maximum absolute atomic E-state index is 14.0. The number of likely N-dealkylation sites (N-methyl/N-ethyl adjacent to an activating group) is 1. The monoisotopic (exact) mass is 589 g/mol. The second-order valence-electron chi connectivity index (χ2n) is 9.20. The topological polar surface area (TPSA) is 86.8 Å². The first kappa shape index (κ1) is 30.5. The van der Waals surface area contributed by atoms with Gasteiger partial charge in [-0.3, -0.25) is 13.9 Å². The number of halogens is 2. The summed E-state index contributed by atoms with van der Waals surface area (Å²) in [5, 5.41) is 3.45. The van der Waals surface area contributed by atoms with E-state index in [1.165, 1.54) is 17.0 Å². The quantitative estimate of drug-likeness (QED) is 0.308. The number of rotatable bonds is 11. The van der Waals surface area contributed by atoms with Crippen LogP contribution in [0.25, 0.3) is 0 Å². The minimum atomic E-state index is -4.13. The molecule has 0 aliphatic heterocycles. The Morgan fingerprint density at radius 2 is 1.41 bits per heavy atom. The van der Waals surface area contributed by atoms with Gasteiger partial charge in [-0.05, 0) is 63.6 Å². The van der Waals surface area contributed by atoms with Crippen molar-refractivity contribution in [3.05, 3.63) is 93.5 Å². The van der Waals surface area contributed by atoms with Gasteiger partial charge < -0.3 is 10.2 Å². The van der Waals surface area contributed by atoms with Crippen LogP contribution in [0.4, 0.5) is 5.69 Å². The molecule has 3 aromatic carbocycles. The van der Waals surface area contributed by atoms with Crippen LogP contribution in [-0.2, 0) is 26.2 Å². The maximum Gasteiger partial charge on any atom is 0.264 e. The van der Waals surface area contributed by atoms with Crippen LogP contribution in [0.5, 0.6) is 0 Å². The van der Waals surface area contributed by atoms with Gasteiger partial charge in [-0.15, -0.1) is 0 Å². The number of amides is 2. The summed E-state index contributed by atoms with van der Waals surface area (Å²) in [5.74, 6) is -0.917. The molecule has 3 aromatic rings. The third-order valence-corrected chi connectivity index (χ3v) is 8.83. The van der Waals surface area contributed by atoms with Crippen molar-refractivity contribution in [2.75, 3.05) is 17.4 Å². The van der Waals surface area contributed by atoms with Gasteiger partial charge >= 0.3 is 0 Å². The molecule has 0 saturated carbocycles. The van der Waals surface area contributed by atoms with E-state index in [4.69, 9.17) is 23.2 Å². The fraction of sp³-hybridized carbons (Fsp3) is 0.310. The fourth-order valence-electron chi connectivity index (χ4n) is 4.14. The number of anilines is 1. The Hall–Kier alpha value is -3.07. The van der Waals surface area contributed by atoms with E-state index in [2.05, 4.69) is 5.32 Å². The molecule has 0 radical (unpaired) electrons. The van der Waals surface area contributed by atoms with E-state index in [0.29, 0.717) is 34.3 Å². The number of aryl methyl sites for hydroxylation is 2.